The quantitative estimate of drug-likeness (QED) is 0.800. The number of hydrogen-bond donors (Lipinski definition) is 1. The summed E-state index contributed by atoms with van der Waals surface area (Å²) >= 11 is 0. The van der Waals surface area contributed by atoms with E-state index in [4.69, 9.17) is 5.73 Å². The van der Waals surface area contributed by atoms with Gasteiger partial charge in [0.1, 0.15) is 9.84 Å². The van der Waals surface area contributed by atoms with E-state index in [-0.39, 0.29) is 6.04 Å². The summed E-state index contributed by atoms with van der Waals surface area (Å²) in [6, 6.07) is 0.245. The Hall–Kier alpha value is -0.0900. The van der Waals surface area contributed by atoms with Crippen molar-refractivity contribution in [2.75, 3.05) is 12.0 Å². The Labute approximate surface area is 98.7 Å². The van der Waals surface area contributed by atoms with Gasteiger partial charge in [-0.1, -0.05) is 12.8 Å². The van der Waals surface area contributed by atoms with Crippen molar-refractivity contribution in [1.29, 1.82) is 0 Å². The van der Waals surface area contributed by atoms with Gasteiger partial charge >= 0.3 is 0 Å². The Morgan fingerprint density at radius 1 is 1.25 bits per heavy atom. The largest absolute Gasteiger partial charge is 0.327 e. The fourth-order valence-electron chi connectivity index (χ4n) is 3.46. The summed E-state index contributed by atoms with van der Waals surface area (Å²) < 4.78 is 22.0. The van der Waals surface area contributed by atoms with E-state index in [0.29, 0.717) is 11.7 Å². The summed E-state index contributed by atoms with van der Waals surface area (Å²) in [5.41, 5.74) is 6.17. The molecule has 4 heteroatoms. The van der Waals surface area contributed by atoms with E-state index in [1.807, 2.05) is 0 Å². The molecule has 3 nitrogen and oxygen atoms in total. The molecule has 0 saturated heterocycles. The van der Waals surface area contributed by atoms with E-state index in [2.05, 4.69) is 0 Å². The Balaban J connectivity index is 1.71. The Kier molecular flexibility index (Phi) is 3.59. The molecule has 3 atom stereocenters. The van der Waals surface area contributed by atoms with Gasteiger partial charge in [0.2, 0.25) is 0 Å². The summed E-state index contributed by atoms with van der Waals surface area (Å²) in [6.45, 7) is 0. The van der Waals surface area contributed by atoms with Gasteiger partial charge in [0.15, 0.2) is 0 Å². The first kappa shape index (κ1) is 12.4. The van der Waals surface area contributed by atoms with Crippen molar-refractivity contribution in [2.45, 2.75) is 44.6 Å². The summed E-state index contributed by atoms with van der Waals surface area (Å²) in [7, 11) is -2.81. The van der Waals surface area contributed by atoms with E-state index in [9.17, 15) is 8.42 Å². The van der Waals surface area contributed by atoms with E-state index in [1.54, 1.807) is 0 Å². The zero-order chi connectivity index (χ0) is 11.8. The molecule has 16 heavy (non-hydrogen) atoms. The number of nitrogens with two attached hydrogens (primary N) is 1. The van der Waals surface area contributed by atoms with Crippen LogP contribution in [0.2, 0.25) is 0 Å². The smallest absolute Gasteiger partial charge is 0.147 e. The van der Waals surface area contributed by atoms with Crippen LogP contribution in [-0.4, -0.2) is 26.5 Å². The lowest BCUT2D eigenvalue weighted by Gasteiger charge is -2.10. The molecule has 0 aromatic rings. The minimum Gasteiger partial charge on any atom is -0.327 e. The zero-order valence-electron chi connectivity index (χ0n) is 10.1. The van der Waals surface area contributed by atoms with E-state index in [0.717, 1.165) is 24.7 Å². The second-order valence-electron chi connectivity index (χ2n) is 5.63. The van der Waals surface area contributed by atoms with Crippen molar-refractivity contribution in [3.05, 3.63) is 0 Å². The molecule has 0 heterocycles. The van der Waals surface area contributed by atoms with Crippen LogP contribution in [0, 0.1) is 17.8 Å². The molecule has 2 N–H and O–H groups in total. The van der Waals surface area contributed by atoms with Gasteiger partial charge in [-0.05, 0) is 43.4 Å². The summed E-state index contributed by atoms with van der Waals surface area (Å²) in [4.78, 5) is 0. The molecular formula is C12H23NO2S. The molecule has 0 spiro atoms. The van der Waals surface area contributed by atoms with Crippen molar-refractivity contribution < 1.29 is 8.42 Å². The third-order valence-electron chi connectivity index (χ3n) is 4.27. The Morgan fingerprint density at radius 2 is 1.81 bits per heavy atom. The molecule has 2 fully saturated rings. The summed E-state index contributed by atoms with van der Waals surface area (Å²) in [6.07, 6.45) is 8.36. The van der Waals surface area contributed by atoms with Crippen molar-refractivity contribution in [2.24, 2.45) is 23.5 Å². The Morgan fingerprint density at radius 3 is 2.31 bits per heavy atom. The normalized spacial score (nSPS) is 35.5. The van der Waals surface area contributed by atoms with Crippen LogP contribution in [0.4, 0.5) is 0 Å². The van der Waals surface area contributed by atoms with Crippen LogP contribution in [0.15, 0.2) is 0 Å². The van der Waals surface area contributed by atoms with Crippen molar-refractivity contribution in [3.63, 3.8) is 0 Å². The monoisotopic (exact) mass is 245 g/mol. The topological polar surface area (TPSA) is 60.2 Å². The van der Waals surface area contributed by atoms with Crippen LogP contribution in [0.5, 0.6) is 0 Å². The molecular weight excluding hydrogens is 222 g/mol. The van der Waals surface area contributed by atoms with Gasteiger partial charge in [-0.2, -0.15) is 0 Å². The van der Waals surface area contributed by atoms with Gasteiger partial charge in [0.05, 0.1) is 0 Å². The lowest BCUT2D eigenvalue weighted by atomic mass is 10.0. The van der Waals surface area contributed by atoms with Gasteiger partial charge in [0, 0.05) is 18.1 Å². The molecule has 2 aliphatic rings. The van der Waals surface area contributed by atoms with E-state index >= 15 is 0 Å². The average molecular weight is 245 g/mol. The van der Waals surface area contributed by atoms with Crippen LogP contribution < -0.4 is 5.73 Å². The first-order valence-corrected chi connectivity index (χ1v) is 8.48. The highest BCUT2D eigenvalue weighted by molar-refractivity contribution is 7.90. The lowest BCUT2D eigenvalue weighted by molar-refractivity contribution is 0.480. The fraction of sp³-hybridized carbons (Fsp3) is 1.00. The summed E-state index contributed by atoms with van der Waals surface area (Å²) in [5, 5.41) is 0. The van der Waals surface area contributed by atoms with Crippen molar-refractivity contribution in [3.8, 4) is 0 Å². The number of rotatable bonds is 5. The van der Waals surface area contributed by atoms with Crippen LogP contribution in [0.3, 0.4) is 0 Å². The number of sulfone groups is 1. The third kappa shape index (κ3) is 2.98. The maximum Gasteiger partial charge on any atom is 0.147 e. The standard InChI is InChI=1S/C12H23NO2S/c1-16(14,15)8-4-7-11(13)12-9-5-2-3-6-10(9)12/h9-12H,2-8,13H2,1H3. The van der Waals surface area contributed by atoms with Crippen LogP contribution in [-0.2, 0) is 9.84 Å². The second-order valence-corrected chi connectivity index (χ2v) is 7.89. The molecule has 0 amide bonds. The highest BCUT2D eigenvalue weighted by atomic mass is 32.2. The van der Waals surface area contributed by atoms with Gasteiger partial charge in [-0.3, -0.25) is 0 Å². The molecule has 0 aromatic carbocycles. The highest BCUT2D eigenvalue weighted by Gasteiger charge is 2.52. The number of hydrogen-bond acceptors (Lipinski definition) is 3. The Bertz CT molecular complexity index is 327. The van der Waals surface area contributed by atoms with E-state index < -0.39 is 9.84 Å². The molecule has 0 bridgehead atoms. The predicted molar refractivity (Wildman–Crippen MR) is 65.9 cm³/mol. The first-order valence-electron chi connectivity index (χ1n) is 6.42. The molecule has 0 aromatic heterocycles. The highest BCUT2D eigenvalue weighted by Crippen LogP contribution is 2.57. The molecule has 2 aliphatic carbocycles. The summed E-state index contributed by atoms with van der Waals surface area (Å²) in [5.74, 6) is 2.76. The van der Waals surface area contributed by atoms with Crippen LogP contribution in [0.25, 0.3) is 0 Å². The van der Waals surface area contributed by atoms with Crippen LogP contribution >= 0.6 is 0 Å². The maximum atomic E-state index is 11.0. The third-order valence-corrected chi connectivity index (χ3v) is 5.30. The number of fused-ring (bicyclic) bond motifs is 1. The SMILES string of the molecule is CS(=O)(=O)CCCC(N)C1C2CCCCC21. The molecule has 3 unspecified atom stereocenters. The van der Waals surface area contributed by atoms with Crippen molar-refractivity contribution in [1.82, 2.24) is 0 Å². The lowest BCUT2D eigenvalue weighted by Crippen LogP contribution is -2.24. The van der Waals surface area contributed by atoms with Crippen molar-refractivity contribution >= 4 is 9.84 Å². The first-order chi connectivity index (χ1) is 7.49. The van der Waals surface area contributed by atoms with Gasteiger partial charge in [0.25, 0.3) is 0 Å². The minimum atomic E-state index is -2.81. The molecule has 2 rings (SSSR count). The average Bonchev–Trinajstić information content (AvgIpc) is 2.89. The zero-order valence-corrected chi connectivity index (χ0v) is 10.9. The van der Waals surface area contributed by atoms with Gasteiger partial charge < -0.3 is 5.73 Å². The van der Waals surface area contributed by atoms with Crippen LogP contribution in [0.1, 0.15) is 38.5 Å². The van der Waals surface area contributed by atoms with Gasteiger partial charge in [-0.15, -0.1) is 0 Å². The second kappa shape index (κ2) is 4.65. The van der Waals surface area contributed by atoms with Gasteiger partial charge in [-0.25, -0.2) is 8.42 Å². The fourth-order valence-corrected chi connectivity index (χ4v) is 4.15. The molecule has 94 valence electrons. The molecule has 2 saturated carbocycles. The predicted octanol–water partition coefficient (Wildman–Crippen LogP) is 1.57. The minimum absolute atomic E-state index is 0.245. The maximum absolute atomic E-state index is 11.0. The van der Waals surface area contributed by atoms with E-state index in [1.165, 1.54) is 31.9 Å². The molecule has 0 radical (unpaired) electrons. The molecule has 0 aliphatic heterocycles.